The maximum Gasteiger partial charge on any atom is 0.134 e. The molecule has 0 fully saturated rings. The molecule has 0 saturated heterocycles. The van der Waals surface area contributed by atoms with Crippen LogP contribution in [0.4, 0.5) is 8.78 Å². The number of hydrogen-bond acceptors (Lipinski definition) is 1. The fourth-order valence-corrected chi connectivity index (χ4v) is 4.70. The molecule has 0 radical (unpaired) electrons. The third kappa shape index (κ3) is 2.59. The topological polar surface area (TPSA) is 12.9 Å². The summed E-state index contributed by atoms with van der Waals surface area (Å²) >= 11 is 0. The SMILES string of the molecule is CCC=CCC1CC=C(F)C2=C1c1nccc3c(F)c(C)cc(c13)C2(C)C. The zero-order valence-electron chi connectivity index (χ0n) is 16.4. The number of aryl methyl sites for hydroxylation is 1. The molecule has 2 aliphatic carbocycles. The molecule has 0 amide bonds. The van der Waals surface area contributed by atoms with Gasteiger partial charge in [-0.25, -0.2) is 8.78 Å². The summed E-state index contributed by atoms with van der Waals surface area (Å²) < 4.78 is 30.0. The summed E-state index contributed by atoms with van der Waals surface area (Å²) in [7, 11) is 0. The summed E-state index contributed by atoms with van der Waals surface area (Å²) in [5, 5.41) is 1.44. The van der Waals surface area contributed by atoms with Gasteiger partial charge in [0.05, 0.1) is 5.69 Å². The van der Waals surface area contributed by atoms with Crippen molar-refractivity contribution in [2.45, 2.75) is 52.4 Å². The van der Waals surface area contributed by atoms with Gasteiger partial charge in [0.1, 0.15) is 11.6 Å². The van der Waals surface area contributed by atoms with Crippen molar-refractivity contribution in [3.8, 4) is 0 Å². The Balaban J connectivity index is 2.05. The predicted molar refractivity (Wildman–Crippen MR) is 108 cm³/mol. The highest BCUT2D eigenvalue weighted by Crippen LogP contribution is 2.54. The zero-order valence-corrected chi connectivity index (χ0v) is 16.4. The van der Waals surface area contributed by atoms with Crippen LogP contribution in [-0.4, -0.2) is 4.98 Å². The molecule has 4 rings (SSSR count). The summed E-state index contributed by atoms with van der Waals surface area (Å²) in [6.07, 6.45) is 10.2. The lowest BCUT2D eigenvalue weighted by atomic mass is 9.64. The van der Waals surface area contributed by atoms with Crippen LogP contribution in [0.1, 0.15) is 56.9 Å². The first-order valence-corrected chi connectivity index (χ1v) is 9.72. The highest BCUT2D eigenvalue weighted by atomic mass is 19.1. The van der Waals surface area contributed by atoms with Gasteiger partial charge in [-0.1, -0.05) is 39.0 Å². The van der Waals surface area contributed by atoms with E-state index < -0.39 is 5.41 Å². The predicted octanol–water partition coefficient (Wildman–Crippen LogP) is 6.96. The Bertz CT molecular complexity index is 1020. The van der Waals surface area contributed by atoms with E-state index in [0.717, 1.165) is 40.6 Å². The molecule has 27 heavy (non-hydrogen) atoms. The minimum atomic E-state index is -0.532. The number of nitrogens with zero attached hydrogens (tertiary/aromatic N) is 1. The second kappa shape index (κ2) is 6.40. The van der Waals surface area contributed by atoms with Crippen LogP contribution in [0.3, 0.4) is 0 Å². The van der Waals surface area contributed by atoms with Crippen LogP contribution in [0.5, 0.6) is 0 Å². The molecule has 0 spiro atoms. The van der Waals surface area contributed by atoms with Crippen LogP contribution < -0.4 is 0 Å². The van der Waals surface area contributed by atoms with Gasteiger partial charge in [-0.2, -0.15) is 0 Å². The van der Waals surface area contributed by atoms with Gasteiger partial charge in [0.2, 0.25) is 0 Å². The summed E-state index contributed by atoms with van der Waals surface area (Å²) in [6, 6.07) is 3.62. The molecular weight excluding hydrogens is 340 g/mol. The second-order valence-corrected chi connectivity index (χ2v) is 8.15. The highest BCUT2D eigenvalue weighted by molar-refractivity contribution is 6.01. The van der Waals surface area contributed by atoms with Crippen molar-refractivity contribution in [2.75, 3.05) is 0 Å². The smallest absolute Gasteiger partial charge is 0.134 e. The Kier molecular flexibility index (Phi) is 4.29. The first kappa shape index (κ1) is 18.1. The van der Waals surface area contributed by atoms with Gasteiger partial charge in [-0.3, -0.25) is 4.98 Å². The Morgan fingerprint density at radius 3 is 2.78 bits per heavy atom. The first-order valence-electron chi connectivity index (χ1n) is 9.72. The number of aromatic nitrogens is 1. The van der Waals surface area contributed by atoms with Gasteiger partial charge in [0, 0.05) is 28.0 Å². The normalized spacial score (nSPS) is 21.0. The molecule has 0 N–H and O–H groups in total. The van der Waals surface area contributed by atoms with E-state index in [1.165, 1.54) is 0 Å². The average molecular weight is 365 g/mol. The average Bonchev–Trinajstić information content (AvgIpc) is 2.64. The fraction of sp³-hybridized carbons (Fsp3) is 0.375. The van der Waals surface area contributed by atoms with Gasteiger partial charge in [0.25, 0.3) is 0 Å². The molecule has 140 valence electrons. The molecule has 2 aliphatic rings. The van der Waals surface area contributed by atoms with Crippen molar-refractivity contribution in [3.63, 3.8) is 0 Å². The molecule has 1 heterocycles. The number of fused-ring (bicyclic) bond motifs is 1. The number of hydrogen-bond donors (Lipinski definition) is 0. The van der Waals surface area contributed by atoms with Gasteiger partial charge in [-0.15, -0.1) is 0 Å². The molecule has 0 saturated carbocycles. The largest absolute Gasteiger partial charge is 0.256 e. The Morgan fingerprint density at radius 1 is 1.26 bits per heavy atom. The Morgan fingerprint density at radius 2 is 2.04 bits per heavy atom. The molecule has 2 aromatic rings. The second-order valence-electron chi connectivity index (χ2n) is 8.15. The lowest BCUT2D eigenvalue weighted by Gasteiger charge is -2.40. The van der Waals surface area contributed by atoms with E-state index in [4.69, 9.17) is 0 Å². The molecule has 1 aromatic heterocycles. The number of allylic oxidation sites excluding steroid dienone is 6. The van der Waals surface area contributed by atoms with E-state index in [1.807, 2.05) is 19.9 Å². The van der Waals surface area contributed by atoms with Crippen LogP contribution in [0.15, 0.2) is 48.0 Å². The van der Waals surface area contributed by atoms with Gasteiger partial charge in [-0.05, 0) is 60.9 Å². The zero-order chi connectivity index (χ0) is 19.3. The molecule has 1 nitrogen and oxygen atoms in total. The van der Waals surface area contributed by atoms with E-state index in [1.54, 1.807) is 25.3 Å². The molecule has 1 aromatic carbocycles. The molecule has 0 aliphatic heterocycles. The van der Waals surface area contributed by atoms with Crippen molar-refractivity contribution in [3.05, 3.63) is 70.6 Å². The maximum atomic E-state index is 15.1. The van der Waals surface area contributed by atoms with Crippen molar-refractivity contribution in [2.24, 2.45) is 5.92 Å². The van der Waals surface area contributed by atoms with E-state index >= 15 is 4.39 Å². The van der Waals surface area contributed by atoms with E-state index in [0.29, 0.717) is 17.4 Å². The van der Waals surface area contributed by atoms with Crippen LogP contribution in [0.2, 0.25) is 0 Å². The van der Waals surface area contributed by atoms with Crippen LogP contribution in [-0.2, 0) is 5.41 Å². The molecular formula is C24H25F2N. The molecule has 3 heteroatoms. The van der Waals surface area contributed by atoms with E-state index in [2.05, 4.69) is 24.1 Å². The monoisotopic (exact) mass is 365 g/mol. The third-order valence-electron chi connectivity index (χ3n) is 6.04. The van der Waals surface area contributed by atoms with E-state index in [9.17, 15) is 4.39 Å². The summed E-state index contributed by atoms with van der Waals surface area (Å²) in [6.45, 7) is 7.97. The van der Waals surface area contributed by atoms with Gasteiger partial charge >= 0.3 is 0 Å². The maximum absolute atomic E-state index is 15.1. The van der Waals surface area contributed by atoms with Gasteiger partial charge in [0.15, 0.2) is 0 Å². The number of benzene rings is 1. The molecule has 1 unspecified atom stereocenters. The quantitative estimate of drug-likeness (QED) is 0.536. The number of rotatable bonds is 3. The standard InChI is InChI=1S/C24H25F2N/c1-5-6-7-8-15-9-10-18(25)21-19(15)23-20-16(11-12-27-23)22(26)14(2)13-17(20)24(21,3)4/h6-7,10-13,15H,5,8-9H2,1-4H3. The Labute approximate surface area is 159 Å². The number of halogens is 2. The Hall–Kier alpha value is -2.29. The summed E-state index contributed by atoms with van der Waals surface area (Å²) in [4.78, 5) is 4.63. The number of pyridine rings is 1. The molecule has 1 atom stereocenters. The highest BCUT2D eigenvalue weighted by Gasteiger charge is 2.42. The minimum absolute atomic E-state index is 0.155. The lowest BCUT2D eigenvalue weighted by molar-refractivity contribution is 0.523. The van der Waals surface area contributed by atoms with Crippen LogP contribution >= 0.6 is 0 Å². The summed E-state index contributed by atoms with van der Waals surface area (Å²) in [5.41, 5.74) is 3.47. The van der Waals surface area contributed by atoms with Crippen molar-refractivity contribution >= 4 is 16.3 Å². The van der Waals surface area contributed by atoms with Crippen molar-refractivity contribution in [1.29, 1.82) is 0 Å². The third-order valence-corrected chi connectivity index (χ3v) is 6.04. The molecule has 0 bridgehead atoms. The van der Waals surface area contributed by atoms with Crippen molar-refractivity contribution < 1.29 is 8.78 Å². The van der Waals surface area contributed by atoms with E-state index in [-0.39, 0.29) is 17.6 Å². The minimum Gasteiger partial charge on any atom is -0.256 e. The van der Waals surface area contributed by atoms with Crippen LogP contribution in [0.25, 0.3) is 16.3 Å². The fourth-order valence-electron chi connectivity index (χ4n) is 4.70. The van der Waals surface area contributed by atoms with Crippen molar-refractivity contribution in [1.82, 2.24) is 4.98 Å². The van der Waals surface area contributed by atoms with Crippen LogP contribution in [0, 0.1) is 18.7 Å². The summed E-state index contributed by atoms with van der Waals surface area (Å²) in [5.74, 6) is -0.194. The first-order chi connectivity index (χ1) is 12.9. The van der Waals surface area contributed by atoms with Gasteiger partial charge < -0.3 is 0 Å². The lowest BCUT2D eigenvalue weighted by Crippen LogP contribution is -2.30.